The second kappa shape index (κ2) is 7.64. The zero-order valence-electron chi connectivity index (χ0n) is 11.8. The Morgan fingerprint density at radius 1 is 1.40 bits per heavy atom. The molecule has 20 heavy (non-hydrogen) atoms. The van der Waals surface area contributed by atoms with E-state index in [0.717, 1.165) is 22.0 Å². The second-order valence-corrected chi connectivity index (χ2v) is 7.35. The molecule has 0 aliphatic rings. The lowest BCUT2D eigenvalue weighted by molar-refractivity contribution is -0.144. The molecule has 0 unspecified atom stereocenters. The standard InChI is InChI=1S/C15H19NO2S2/c1-11(2)10-18-14(17)8-5-9-19-15-16-12-6-3-4-7-13(12)20-15/h3-4,6-7,11H,5,8-10H2,1-2H3. The summed E-state index contributed by atoms with van der Waals surface area (Å²) in [6.07, 6.45) is 1.32. The minimum Gasteiger partial charge on any atom is -0.465 e. The number of nitrogens with zero attached hydrogens (tertiary/aromatic N) is 1. The smallest absolute Gasteiger partial charge is 0.305 e. The number of rotatable bonds is 7. The number of aromatic nitrogens is 1. The summed E-state index contributed by atoms with van der Waals surface area (Å²) < 4.78 is 7.43. The third-order valence-electron chi connectivity index (χ3n) is 2.60. The first-order chi connectivity index (χ1) is 9.65. The predicted molar refractivity (Wildman–Crippen MR) is 85.4 cm³/mol. The van der Waals surface area contributed by atoms with Crippen molar-refractivity contribution in [2.24, 2.45) is 5.92 Å². The molecular formula is C15H19NO2S2. The number of benzene rings is 1. The van der Waals surface area contributed by atoms with E-state index in [4.69, 9.17) is 4.74 Å². The van der Waals surface area contributed by atoms with E-state index in [1.54, 1.807) is 23.1 Å². The lowest BCUT2D eigenvalue weighted by Crippen LogP contribution is -2.09. The van der Waals surface area contributed by atoms with Gasteiger partial charge in [-0.1, -0.05) is 37.7 Å². The molecule has 0 N–H and O–H groups in total. The molecule has 0 aliphatic heterocycles. The lowest BCUT2D eigenvalue weighted by atomic mass is 10.2. The molecule has 1 heterocycles. The highest BCUT2D eigenvalue weighted by Gasteiger charge is 2.06. The van der Waals surface area contributed by atoms with Gasteiger partial charge >= 0.3 is 5.97 Å². The summed E-state index contributed by atoms with van der Waals surface area (Å²) in [6, 6.07) is 8.14. The minimum absolute atomic E-state index is 0.0939. The third-order valence-corrected chi connectivity index (χ3v) is 4.87. The summed E-state index contributed by atoms with van der Waals surface area (Å²) in [4.78, 5) is 16.0. The summed E-state index contributed by atoms with van der Waals surface area (Å²) in [7, 11) is 0. The first-order valence-electron chi connectivity index (χ1n) is 6.79. The van der Waals surface area contributed by atoms with E-state index in [9.17, 15) is 4.79 Å². The van der Waals surface area contributed by atoms with E-state index in [0.29, 0.717) is 18.9 Å². The van der Waals surface area contributed by atoms with Gasteiger partial charge in [0.25, 0.3) is 0 Å². The van der Waals surface area contributed by atoms with E-state index in [2.05, 4.69) is 11.1 Å². The van der Waals surface area contributed by atoms with Gasteiger partial charge in [0.15, 0.2) is 4.34 Å². The monoisotopic (exact) mass is 309 g/mol. The minimum atomic E-state index is -0.0939. The van der Waals surface area contributed by atoms with Crippen molar-refractivity contribution in [2.75, 3.05) is 12.4 Å². The molecule has 3 nitrogen and oxygen atoms in total. The van der Waals surface area contributed by atoms with Crippen LogP contribution in [0.25, 0.3) is 10.2 Å². The van der Waals surface area contributed by atoms with Crippen molar-refractivity contribution in [3.8, 4) is 0 Å². The van der Waals surface area contributed by atoms with Gasteiger partial charge in [-0.05, 0) is 24.5 Å². The Labute approximate surface area is 127 Å². The molecule has 0 fully saturated rings. The molecule has 1 aromatic heterocycles. The number of fused-ring (bicyclic) bond motifs is 1. The Balaban J connectivity index is 1.69. The first kappa shape index (κ1) is 15.3. The van der Waals surface area contributed by atoms with Crippen LogP contribution in [0, 0.1) is 5.92 Å². The predicted octanol–water partition coefficient (Wildman–Crippen LogP) is 4.37. The summed E-state index contributed by atoms with van der Waals surface area (Å²) >= 11 is 3.42. The number of hydrogen-bond donors (Lipinski definition) is 0. The summed E-state index contributed by atoms with van der Waals surface area (Å²) in [5.74, 6) is 1.20. The van der Waals surface area contributed by atoms with Gasteiger partial charge in [-0.15, -0.1) is 11.3 Å². The SMILES string of the molecule is CC(C)COC(=O)CCCSc1nc2ccccc2s1. The highest BCUT2D eigenvalue weighted by atomic mass is 32.2. The lowest BCUT2D eigenvalue weighted by Gasteiger charge is -2.06. The van der Waals surface area contributed by atoms with Gasteiger partial charge in [0, 0.05) is 12.2 Å². The largest absolute Gasteiger partial charge is 0.465 e. The molecule has 2 aromatic rings. The van der Waals surface area contributed by atoms with Crippen molar-refractivity contribution >= 4 is 39.3 Å². The molecule has 0 radical (unpaired) electrons. The zero-order valence-corrected chi connectivity index (χ0v) is 13.4. The van der Waals surface area contributed by atoms with Gasteiger partial charge in [-0.25, -0.2) is 4.98 Å². The molecule has 0 bridgehead atoms. The number of ether oxygens (including phenoxy) is 1. The van der Waals surface area contributed by atoms with Crippen molar-refractivity contribution in [3.63, 3.8) is 0 Å². The first-order valence-corrected chi connectivity index (χ1v) is 8.59. The quantitative estimate of drug-likeness (QED) is 0.432. The van der Waals surface area contributed by atoms with E-state index in [-0.39, 0.29) is 5.97 Å². The molecule has 2 rings (SSSR count). The number of carbonyl (C=O) groups excluding carboxylic acids is 1. The van der Waals surface area contributed by atoms with Crippen LogP contribution in [-0.2, 0) is 9.53 Å². The molecule has 0 aliphatic carbocycles. The molecule has 0 saturated heterocycles. The Hall–Kier alpha value is -1.07. The Kier molecular flexibility index (Phi) is 5.86. The Morgan fingerprint density at radius 2 is 2.20 bits per heavy atom. The van der Waals surface area contributed by atoms with Gasteiger partial charge in [0.05, 0.1) is 16.8 Å². The molecule has 108 valence electrons. The molecule has 5 heteroatoms. The van der Waals surface area contributed by atoms with Gasteiger partial charge in [-0.2, -0.15) is 0 Å². The number of para-hydroxylation sites is 1. The van der Waals surface area contributed by atoms with Crippen molar-refractivity contribution in [3.05, 3.63) is 24.3 Å². The highest BCUT2D eigenvalue weighted by molar-refractivity contribution is 8.01. The molecule has 0 spiro atoms. The van der Waals surface area contributed by atoms with Gasteiger partial charge in [-0.3, -0.25) is 4.79 Å². The summed E-state index contributed by atoms with van der Waals surface area (Å²) in [5, 5.41) is 0. The maximum absolute atomic E-state index is 11.5. The number of hydrogen-bond acceptors (Lipinski definition) is 5. The number of thioether (sulfide) groups is 1. The van der Waals surface area contributed by atoms with Crippen LogP contribution in [0.2, 0.25) is 0 Å². The Bertz CT molecular complexity index is 533. The number of esters is 1. The van der Waals surface area contributed by atoms with Crippen LogP contribution in [0.1, 0.15) is 26.7 Å². The van der Waals surface area contributed by atoms with Crippen LogP contribution in [0.4, 0.5) is 0 Å². The molecule has 0 saturated carbocycles. The normalized spacial score (nSPS) is 11.2. The van der Waals surface area contributed by atoms with Crippen LogP contribution < -0.4 is 0 Å². The molecular weight excluding hydrogens is 290 g/mol. The van der Waals surface area contributed by atoms with Crippen molar-refractivity contribution in [1.82, 2.24) is 4.98 Å². The average molecular weight is 309 g/mol. The molecule has 0 amide bonds. The van der Waals surface area contributed by atoms with Crippen LogP contribution >= 0.6 is 23.1 Å². The van der Waals surface area contributed by atoms with Crippen LogP contribution in [0.5, 0.6) is 0 Å². The zero-order chi connectivity index (χ0) is 14.4. The van der Waals surface area contributed by atoms with Crippen molar-refractivity contribution in [1.29, 1.82) is 0 Å². The van der Waals surface area contributed by atoms with Crippen molar-refractivity contribution < 1.29 is 9.53 Å². The summed E-state index contributed by atoms with van der Waals surface area (Å²) in [6.45, 7) is 4.59. The third kappa shape index (κ3) is 4.80. The number of thiazole rings is 1. The fraction of sp³-hybridized carbons (Fsp3) is 0.467. The maximum atomic E-state index is 11.5. The van der Waals surface area contributed by atoms with E-state index in [1.165, 1.54) is 4.70 Å². The Morgan fingerprint density at radius 3 is 2.95 bits per heavy atom. The topological polar surface area (TPSA) is 39.2 Å². The van der Waals surface area contributed by atoms with E-state index in [1.807, 2.05) is 32.0 Å². The average Bonchev–Trinajstić information content (AvgIpc) is 2.84. The van der Waals surface area contributed by atoms with Gasteiger partial charge in [0.2, 0.25) is 0 Å². The fourth-order valence-electron chi connectivity index (χ4n) is 1.62. The van der Waals surface area contributed by atoms with Gasteiger partial charge in [0.1, 0.15) is 0 Å². The molecule has 1 aromatic carbocycles. The second-order valence-electron chi connectivity index (χ2n) is 4.98. The van der Waals surface area contributed by atoms with Crippen LogP contribution in [-0.4, -0.2) is 23.3 Å². The van der Waals surface area contributed by atoms with E-state index < -0.39 is 0 Å². The summed E-state index contributed by atoms with van der Waals surface area (Å²) in [5.41, 5.74) is 1.05. The van der Waals surface area contributed by atoms with E-state index >= 15 is 0 Å². The van der Waals surface area contributed by atoms with Crippen LogP contribution in [0.15, 0.2) is 28.6 Å². The van der Waals surface area contributed by atoms with Crippen LogP contribution in [0.3, 0.4) is 0 Å². The highest BCUT2D eigenvalue weighted by Crippen LogP contribution is 2.29. The molecule has 0 atom stereocenters. The number of carbonyl (C=O) groups is 1. The fourth-order valence-corrected chi connectivity index (χ4v) is 3.70. The maximum Gasteiger partial charge on any atom is 0.305 e. The van der Waals surface area contributed by atoms with Crippen molar-refractivity contribution in [2.45, 2.75) is 31.0 Å². The van der Waals surface area contributed by atoms with Gasteiger partial charge < -0.3 is 4.74 Å².